The van der Waals surface area contributed by atoms with E-state index in [2.05, 4.69) is 23.7 Å². The van der Waals surface area contributed by atoms with Crippen LogP contribution in [-0.2, 0) is 15.1 Å². The summed E-state index contributed by atoms with van der Waals surface area (Å²) in [4.78, 5) is 15.5. The number of hydrogen-bond donors (Lipinski definition) is 1. The van der Waals surface area contributed by atoms with E-state index < -0.39 is 5.60 Å². The van der Waals surface area contributed by atoms with E-state index in [1.807, 2.05) is 60.7 Å². The first-order chi connectivity index (χ1) is 13.6. The predicted octanol–water partition coefficient (Wildman–Crippen LogP) is 5.10. The molecule has 1 N–H and O–H groups in total. The van der Waals surface area contributed by atoms with Gasteiger partial charge in [-0.15, -0.1) is 0 Å². The number of rotatable bonds is 4. The highest BCUT2D eigenvalue weighted by molar-refractivity contribution is 6.07. The van der Waals surface area contributed by atoms with Gasteiger partial charge in [-0.1, -0.05) is 55.1 Å². The lowest BCUT2D eigenvalue weighted by Crippen LogP contribution is -2.33. The molecule has 5 rings (SSSR count). The summed E-state index contributed by atoms with van der Waals surface area (Å²) in [5.41, 5.74) is 2.70. The van der Waals surface area contributed by atoms with Crippen molar-refractivity contribution < 1.29 is 14.3 Å². The maximum Gasteiger partial charge on any atom is 0.334 e. The van der Waals surface area contributed by atoms with Crippen molar-refractivity contribution in [1.29, 1.82) is 0 Å². The number of cyclic esters (lactones) is 1. The maximum atomic E-state index is 12.1. The fourth-order valence-electron chi connectivity index (χ4n) is 3.89. The third-order valence-corrected chi connectivity index (χ3v) is 5.33. The lowest BCUT2D eigenvalue weighted by molar-refractivity contribution is -0.150. The van der Waals surface area contributed by atoms with Crippen LogP contribution >= 0.6 is 0 Å². The van der Waals surface area contributed by atoms with Gasteiger partial charge in [-0.05, 0) is 29.8 Å². The molecule has 1 aromatic heterocycles. The van der Waals surface area contributed by atoms with Gasteiger partial charge in [-0.3, -0.25) is 0 Å². The van der Waals surface area contributed by atoms with Crippen LogP contribution in [0.5, 0.6) is 5.75 Å². The van der Waals surface area contributed by atoms with Crippen LogP contribution in [0.25, 0.3) is 21.8 Å². The number of aromatic amines is 1. The number of carbonyl (C=O) groups excluding carboxylic acids is 1. The van der Waals surface area contributed by atoms with Crippen molar-refractivity contribution >= 4 is 27.8 Å². The fraction of sp³-hybridized carbons (Fsp3) is 0.125. The van der Waals surface area contributed by atoms with E-state index in [0.717, 1.165) is 33.1 Å². The molecule has 1 fully saturated rings. The van der Waals surface area contributed by atoms with E-state index >= 15 is 0 Å². The molecule has 4 nitrogen and oxygen atoms in total. The summed E-state index contributed by atoms with van der Waals surface area (Å²) >= 11 is 0. The van der Waals surface area contributed by atoms with E-state index in [9.17, 15) is 4.79 Å². The number of esters is 1. The molecular formula is C24H19NO3. The van der Waals surface area contributed by atoms with Crippen molar-refractivity contribution in [3.8, 4) is 5.75 Å². The summed E-state index contributed by atoms with van der Waals surface area (Å²) in [6.07, 6.45) is 0.422. The molecule has 0 amide bonds. The van der Waals surface area contributed by atoms with Gasteiger partial charge in [0.15, 0.2) is 5.60 Å². The summed E-state index contributed by atoms with van der Waals surface area (Å²) in [6, 6.07) is 23.9. The van der Waals surface area contributed by atoms with E-state index in [0.29, 0.717) is 12.0 Å². The first-order valence-corrected chi connectivity index (χ1v) is 9.25. The zero-order valence-electron chi connectivity index (χ0n) is 15.3. The number of H-pyrrole nitrogens is 1. The Hall–Kier alpha value is -3.53. The number of carbonyl (C=O) groups is 1. The number of hydrogen-bond acceptors (Lipinski definition) is 3. The van der Waals surface area contributed by atoms with Gasteiger partial charge < -0.3 is 14.5 Å². The van der Waals surface area contributed by atoms with Crippen LogP contribution in [0.2, 0.25) is 0 Å². The summed E-state index contributed by atoms with van der Waals surface area (Å²) < 4.78 is 11.9. The monoisotopic (exact) mass is 369 g/mol. The van der Waals surface area contributed by atoms with Crippen LogP contribution in [-0.4, -0.2) is 17.6 Å². The van der Waals surface area contributed by atoms with Crippen molar-refractivity contribution in [2.45, 2.75) is 12.0 Å². The Labute approximate surface area is 162 Å². The van der Waals surface area contributed by atoms with Crippen LogP contribution in [0.15, 0.2) is 84.9 Å². The van der Waals surface area contributed by atoms with Crippen LogP contribution in [0.1, 0.15) is 12.0 Å². The van der Waals surface area contributed by atoms with Crippen molar-refractivity contribution in [3.63, 3.8) is 0 Å². The molecular weight excluding hydrogens is 350 g/mol. The molecule has 0 aliphatic carbocycles. The average molecular weight is 369 g/mol. The summed E-state index contributed by atoms with van der Waals surface area (Å²) in [7, 11) is 0. The third kappa shape index (κ3) is 2.65. The highest BCUT2D eigenvalue weighted by Gasteiger charge is 2.45. The topological polar surface area (TPSA) is 51.3 Å². The molecule has 28 heavy (non-hydrogen) atoms. The minimum absolute atomic E-state index is 0.232. The predicted molar refractivity (Wildman–Crippen MR) is 109 cm³/mol. The van der Waals surface area contributed by atoms with Gasteiger partial charge in [0.2, 0.25) is 0 Å². The minimum atomic E-state index is -0.843. The van der Waals surface area contributed by atoms with E-state index in [-0.39, 0.29) is 12.6 Å². The molecule has 0 bridgehead atoms. The second-order valence-corrected chi connectivity index (χ2v) is 7.20. The van der Waals surface area contributed by atoms with Crippen LogP contribution < -0.4 is 4.74 Å². The lowest BCUT2D eigenvalue weighted by Gasteiger charge is -2.27. The quantitative estimate of drug-likeness (QED) is 0.402. The normalized spacial score (nSPS) is 19.3. The Morgan fingerprint density at radius 1 is 0.964 bits per heavy atom. The van der Waals surface area contributed by atoms with Gasteiger partial charge in [-0.25, -0.2) is 4.79 Å². The molecule has 1 atom stereocenters. The van der Waals surface area contributed by atoms with Crippen molar-refractivity contribution in [2.24, 2.45) is 0 Å². The van der Waals surface area contributed by atoms with Gasteiger partial charge >= 0.3 is 5.97 Å². The fourth-order valence-corrected chi connectivity index (χ4v) is 3.89. The standard InChI is InChI=1S/C24H19NO3/c1-16-14-24(28-23(16)26,17-7-3-2-4-8-17)15-27-18-11-12-22-20(13-18)19-9-5-6-10-21(19)25-22/h2-13,25H,1,14-15H2. The molecule has 1 aliphatic rings. The molecule has 1 unspecified atom stereocenters. The van der Waals surface area contributed by atoms with Gasteiger partial charge in [0.25, 0.3) is 0 Å². The number of para-hydroxylation sites is 1. The van der Waals surface area contributed by atoms with Crippen molar-refractivity contribution in [3.05, 3.63) is 90.5 Å². The van der Waals surface area contributed by atoms with Crippen molar-refractivity contribution in [2.75, 3.05) is 6.61 Å². The molecule has 0 radical (unpaired) electrons. The molecule has 1 saturated heterocycles. The minimum Gasteiger partial charge on any atom is -0.489 e. The molecule has 0 spiro atoms. The van der Waals surface area contributed by atoms with E-state index in [1.165, 1.54) is 0 Å². The zero-order chi connectivity index (χ0) is 19.1. The average Bonchev–Trinajstić information content (AvgIpc) is 3.24. The number of aromatic nitrogens is 1. The van der Waals surface area contributed by atoms with E-state index in [1.54, 1.807) is 0 Å². The molecule has 4 heteroatoms. The Morgan fingerprint density at radius 3 is 2.50 bits per heavy atom. The second kappa shape index (κ2) is 6.27. The summed E-state index contributed by atoms with van der Waals surface area (Å²) in [5.74, 6) is 0.376. The molecule has 0 saturated carbocycles. The number of nitrogens with one attached hydrogen (secondary N) is 1. The molecule has 2 heterocycles. The van der Waals surface area contributed by atoms with Gasteiger partial charge in [0.1, 0.15) is 12.4 Å². The van der Waals surface area contributed by atoms with Gasteiger partial charge in [0, 0.05) is 33.8 Å². The van der Waals surface area contributed by atoms with Crippen molar-refractivity contribution in [1.82, 2.24) is 4.98 Å². The Morgan fingerprint density at radius 2 is 1.71 bits per heavy atom. The van der Waals surface area contributed by atoms with Gasteiger partial charge in [0.05, 0.1) is 0 Å². The SMILES string of the molecule is C=C1CC(COc2ccc3[nH]c4ccccc4c3c2)(c2ccccc2)OC1=O. The molecule has 3 aromatic carbocycles. The van der Waals surface area contributed by atoms with Crippen LogP contribution in [0, 0.1) is 0 Å². The van der Waals surface area contributed by atoms with Crippen LogP contribution in [0.3, 0.4) is 0 Å². The highest BCUT2D eigenvalue weighted by atomic mass is 16.6. The molecule has 138 valence electrons. The summed E-state index contributed by atoms with van der Waals surface area (Å²) in [5, 5.41) is 2.26. The highest BCUT2D eigenvalue weighted by Crippen LogP contribution is 2.40. The Bertz CT molecular complexity index is 1190. The largest absolute Gasteiger partial charge is 0.489 e. The Kier molecular flexibility index (Phi) is 3.72. The maximum absolute atomic E-state index is 12.1. The number of benzene rings is 3. The zero-order valence-corrected chi connectivity index (χ0v) is 15.3. The lowest BCUT2D eigenvalue weighted by atomic mass is 9.90. The van der Waals surface area contributed by atoms with E-state index in [4.69, 9.17) is 9.47 Å². The number of fused-ring (bicyclic) bond motifs is 3. The van der Waals surface area contributed by atoms with Gasteiger partial charge in [-0.2, -0.15) is 0 Å². The third-order valence-electron chi connectivity index (χ3n) is 5.33. The smallest absolute Gasteiger partial charge is 0.334 e. The molecule has 4 aromatic rings. The number of ether oxygens (including phenoxy) is 2. The Balaban J connectivity index is 1.49. The summed E-state index contributed by atoms with van der Waals surface area (Å²) in [6.45, 7) is 4.08. The second-order valence-electron chi connectivity index (χ2n) is 7.20. The first kappa shape index (κ1) is 16.6. The first-order valence-electron chi connectivity index (χ1n) is 9.25. The van der Waals surface area contributed by atoms with Crippen LogP contribution in [0.4, 0.5) is 0 Å². The molecule has 1 aliphatic heterocycles.